The quantitative estimate of drug-likeness (QED) is 0.830. The van der Waals surface area contributed by atoms with E-state index in [2.05, 4.69) is 5.32 Å². The van der Waals surface area contributed by atoms with Crippen molar-refractivity contribution in [2.75, 3.05) is 24.3 Å². The van der Waals surface area contributed by atoms with E-state index in [4.69, 9.17) is 19.6 Å². The van der Waals surface area contributed by atoms with Gasteiger partial charge >= 0.3 is 0 Å². The topological polar surface area (TPSA) is 69.7 Å². The number of hydrogen-bond acceptors (Lipinski definition) is 5. The van der Waals surface area contributed by atoms with Crippen LogP contribution in [0.15, 0.2) is 34.9 Å². The van der Waals surface area contributed by atoms with Crippen LogP contribution in [0, 0.1) is 0 Å². The summed E-state index contributed by atoms with van der Waals surface area (Å²) in [5.74, 6) is 2.27. The number of nitrogen functional groups attached to an aromatic ring is 1. The Labute approximate surface area is 111 Å². The van der Waals surface area contributed by atoms with E-state index in [-0.39, 0.29) is 6.04 Å². The molecule has 5 heteroatoms. The van der Waals surface area contributed by atoms with E-state index in [1.54, 1.807) is 12.3 Å². The van der Waals surface area contributed by atoms with Crippen molar-refractivity contribution < 1.29 is 13.9 Å². The zero-order chi connectivity index (χ0) is 13.2. The highest BCUT2D eigenvalue weighted by Crippen LogP contribution is 2.38. The van der Waals surface area contributed by atoms with Crippen LogP contribution >= 0.6 is 0 Å². The minimum absolute atomic E-state index is 0.0276. The third kappa shape index (κ3) is 2.31. The second kappa shape index (κ2) is 4.76. The molecule has 0 aliphatic carbocycles. The van der Waals surface area contributed by atoms with Gasteiger partial charge in [-0.15, -0.1) is 0 Å². The van der Waals surface area contributed by atoms with Crippen LogP contribution in [-0.2, 0) is 0 Å². The monoisotopic (exact) mass is 260 g/mol. The maximum Gasteiger partial charge on any atom is 0.163 e. The first-order valence-electron chi connectivity index (χ1n) is 6.23. The van der Waals surface area contributed by atoms with Gasteiger partial charge in [0.05, 0.1) is 23.7 Å². The molecule has 0 fully saturated rings. The predicted octanol–water partition coefficient (Wildman–Crippen LogP) is 2.81. The van der Waals surface area contributed by atoms with Crippen molar-refractivity contribution in [3.05, 3.63) is 36.3 Å². The second-order valence-corrected chi connectivity index (χ2v) is 4.46. The van der Waals surface area contributed by atoms with Gasteiger partial charge in [-0.1, -0.05) is 0 Å². The van der Waals surface area contributed by atoms with Gasteiger partial charge < -0.3 is 24.9 Å². The Morgan fingerprint density at radius 1 is 1.21 bits per heavy atom. The fourth-order valence-corrected chi connectivity index (χ4v) is 2.07. The third-order valence-electron chi connectivity index (χ3n) is 3.06. The molecule has 2 aromatic rings. The van der Waals surface area contributed by atoms with Crippen LogP contribution < -0.4 is 20.5 Å². The summed E-state index contributed by atoms with van der Waals surface area (Å²) in [5, 5.41) is 3.31. The lowest BCUT2D eigenvalue weighted by molar-refractivity contribution is 0.172. The number of furan rings is 1. The van der Waals surface area contributed by atoms with Crippen LogP contribution in [-0.4, -0.2) is 13.2 Å². The fraction of sp³-hybridized carbons (Fsp3) is 0.286. The van der Waals surface area contributed by atoms with Crippen molar-refractivity contribution in [3.8, 4) is 11.5 Å². The van der Waals surface area contributed by atoms with Crippen molar-refractivity contribution in [1.82, 2.24) is 0 Å². The molecule has 100 valence electrons. The van der Waals surface area contributed by atoms with E-state index in [1.807, 2.05) is 25.1 Å². The summed E-state index contributed by atoms with van der Waals surface area (Å²) in [6.07, 6.45) is 1.65. The Morgan fingerprint density at radius 3 is 2.63 bits per heavy atom. The Hall–Kier alpha value is -2.30. The van der Waals surface area contributed by atoms with Crippen molar-refractivity contribution in [3.63, 3.8) is 0 Å². The van der Waals surface area contributed by atoms with Gasteiger partial charge in [0.15, 0.2) is 11.5 Å². The predicted molar refractivity (Wildman–Crippen MR) is 72.6 cm³/mol. The lowest BCUT2D eigenvalue weighted by atomic mass is 10.2. The molecule has 5 nitrogen and oxygen atoms in total. The standard InChI is InChI=1S/C14H16N2O3/c1-9(12-3-2-4-17-12)16-11-8-14-13(7-10(11)15)18-5-6-19-14/h2-4,7-9,16H,5-6,15H2,1H3. The summed E-state index contributed by atoms with van der Waals surface area (Å²) in [5.41, 5.74) is 7.46. The van der Waals surface area contributed by atoms with Crippen LogP contribution in [0.25, 0.3) is 0 Å². The van der Waals surface area contributed by atoms with Gasteiger partial charge in [-0.3, -0.25) is 0 Å². The number of fused-ring (bicyclic) bond motifs is 1. The number of nitrogens with two attached hydrogens (primary N) is 1. The second-order valence-electron chi connectivity index (χ2n) is 4.46. The first-order valence-corrected chi connectivity index (χ1v) is 6.23. The average Bonchev–Trinajstić information content (AvgIpc) is 2.93. The maximum atomic E-state index is 6.02. The highest BCUT2D eigenvalue weighted by atomic mass is 16.6. The lowest BCUT2D eigenvalue weighted by Crippen LogP contribution is -2.16. The molecule has 1 unspecified atom stereocenters. The largest absolute Gasteiger partial charge is 0.486 e. The summed E-state index contributed by atoms with van der Waals surface area (Å²) in [6.45, 7) is 3.13. The normalized spacial score (nSPS) is 15.0. The Bertz CT molecular complexity index is 566. The minimum atomic E-state index is 0.0276. The molecule has 19 heavy (non-hydrogen) atoms. The summed E-state index contributed by atoms with van der Waals surface area (Å²) in [6, 6.07) is 7.46. The summed E-state index contributed by atoms with van der Waals surface area (Å²) in [7, 11) is 0. The van der Waals surface area contributed by atoms with E-state index in [9.17, 15) is 0 Å². The Balaban J connectivity index is 1.84. The average molecular weight is 260 g/mol. The molecule has 0 amide bonds. The first kappa shape index (κ1) is 11.8. The number of hydrogen-bond donors (Lipinski definition) is 2. The molecule has 3 N–H and O–H groups in total. The summed E-state index contributed by atoms with van der Waals surface area (Å²) in [4.78, 5) is 0. The Kier molecular flexibility index (Phi) is 2.95. The van der Waals surface area contributed by atoms with Gasteiger partial charge in [0.1, 0.15) is 19.0 Å². The van der Waals surface area contributed by atoms with Gasteiger partial charge in [-0.05, 0) is 19.1 Å². The van der Waals surface area contributed by atoms with Crippen LogP contribution in [0.2, 0.25) is 0 Å². The van der Waals surface area contributed by atoms with Crippen molar-refractivity contribution in [2.45, 2.75) is 13.0 Å². The number of anilines is 2. The number of rotatable bonds is 3. The van der Waals surface area contributed by atoms with Crippen LogP contribution in [0.5, 0.6) is 11.5 Å². The Morgan fingerprint density at radius 2 is 1.95 bits per heavy atom. The molecule has 1 aliphatic rings. The van der Waals surface area contributed by atoms with Gasteiger partial charge in [0.25, 0.3) is 0 Å². The van der Waals surface area contributed by atoms with Crippen molar-refractivity contribution in [1.29, 1.82) is 0 Å². The molecule has 3 rings (SSSR count). The van der Waals surface area contributed by atoms with E-state index in [0.29, 0.717) is 24.7 Å². The lowest BCUT2D eigenvalue weighted by Gasteiger charge is -2.21. The van der Waals surface area contributed by atoms with Crippen molar-refractivity contribution in [2.24, 2.45) is 0 Å². The van der Waals surface area contributed by atoms with E-state index < -0.39 is 0 Å². The molecule has 0 radical (unpaired) electrons. The third-order valence-corrected chi connectivity index (χ3v) is 3.06. The summed E-state index contributed by atoms with van der Waals surface area (Å²) < 4.78 is 16.4. The molecule has 2 heterocycles. The molecule has 1 atom stereocenters. The number of nitrogens with one attached hydrogen (secondary N) is 1. The first-order chi connectivity index (χ1) is 9.24. The molecule has 0 bridgehead atoms. The SMILES string of the molecule is CC(Nc1cc2c(cc1N)OCCO2)c1ccco1. The van der Waals surface area contributed by atoms with E-state index >= 15 is 0 Å². The highest BCUT2D eigenvalue weighted by Gasteiger charge is 2.16. The molecule has 0 saturated heterocycles. The molecule has 1 aliphatic heterocycles. The van der Waals surface area contributed by atoms with Gasteiger partial charge in [0, 0.05) is 12.1 Å². The maximum absolute atomic E-state index is 6.02. The van der Waals surface area contributed by atoms with Crippen LogP contribution in [0.4, 0.5) is 11.4 Å². The molecular formula is C14H16N2O3. The fourth-order valence-electron chi connectivity index (χ4n) is 2.07. The molecule has 0 spiro atoms. The van der Waals surface area contributed by atoms with E-state index in [0.717, 1.165) is 17.2 Å². The van der Waals surface area contributed by atoms with Gasteiger partial charge in [-0.25, -0.2) is 0 Å². The zero-order valence-corrected chi connectivity index (χ0v) is 10.7. The molecule has 1 aromatic heterocycles. The molecule has 0 saturated carbocycles. The smallest absolute Gasteiger partial charge is 0.163 e. The van der Waals surface area contributed by atoms with Crippen LogP contribution in [0.3, 0.4) is 0 Å². The van der Waals surface area contributed by atoms with E-state index in [1.165, 1.54) is 0 Å². The minimum Gasteiger partial charge on any atom is -0.486 e. The zero-order valence-electron chi connectivity index (χ0n) is 10.7. The van der Waals surface area contributed by atoms with Crippen molar-refractivity contribution >= 4 is 11.4 Å². The number of benzene rings is 1. The molecular weight excluding hydrogens is 244 g/mol. The van der Waals surface area contributed by atoms with Crippen LogP contribution in [0.1, 0.15) is 18.7 Å². The number of ether oxygens (including phenoxy) is 2. The highest BCUT2D eigenvalue weighted by molar-refractivity contribution is 5.72. The summed E-state index contributed by atoms with van der Waals surface area (Å²) >= 11 is 0. The van der Waals surface area contributed by atoms with Gasteiger partial charge in [-0.2, -0.15) is 0 Å². The molecule has 1 aromatic carbocycles. The van der Waals surface area contributed by atoms with Gasteiger partial charge in [0.2, 0.25) is 0 Å².